The number of unbranched alkanes of at least 4 members (excludes halogenated alkanes) is 2. The molecule has 1 aromatic carbocycles. The number of rotatable bonds is 14. The number of pyridine rings is 1. The Morgan fingerprint density at radius 3 is 2.21 bits per heavy atom. The maximum absolute atomic E-state index is 13.6. The molecule has 0 aliphatic carbocycles. The Balaban J connectivity index is 1.66. The fourth-order valence-electron chi connectivity index (χ4n) is 4.06. The summed E-state index contributed by atoms with van der Waals surface area (Å²) < 4.78 is 34.7. The van der Waals surface area contributed by atoms with Gasteiger partial charge >= 0.3 is 0 Å². The largest absolute Gasteiger partial charge is 0.494 e. The highest BCUT2D eigenvalue weighted by Gasteiger charge is 2.28. The SMILES string of the molecule is CCCCN(CCCC)CCCOc1ccc(S(=O)(=O)c2c(C(C)C)nn3ccccc23)cc1. The summed E-state index contributed by atoms with van der Waals surface area (Å²) in [5.74, 6) is 0.679. The van der Waals surface area contributed by atoms with Crippen molar-refractivity contribution in [1.82, 2.24) is 14.5 Å². The van der Waals surface area contributed by atoms with Gasteiger partial charge in [-0.15, -0.1) is 0 Å². The molecule has 0 spiro atoms. The van der Waals surface area contributed by atoms with E-state index in [1.165, 1.54) is 25.7 Å². The Hall–Kier alpha value is -2.38. The first-order valence-electron chi connectivity index (χ1n) is 12.6. The van der Waals surface area contributed by atoms with Crippen LogP contribution >= 0.6 is 0 Å². The Labute approximate surface area is 204 Å². The van der Waals surface area contributed by atoms with Crippen molar-refractivity contribution >= 4 is 15.4 Å². The van der Waals surface area contributed by atoms with Crippen molar-refractivity contribution < 1.29 is 13.2 Å². The molecule has 3 rings (SSSR count). The van der Waals surface area contributed by atoms with Crippen LogP contribution in [0.5, 0.6) is 5.75 Å². The molecule has 0 saturated heterocycles. The number of fused-ring (bicyclic) bond motifs is 1. The van der Waals surface area contributed by atoms with Crippen molar-refractivity contribution in [2.45, 2.75) is 75.5 Å². The third kappa shape index (κ3) is 6.39. The second kappa shape index (κ2) is 12.4. The first kappa shape index (κ1) is 26.2. The summed E-state index contributed by atoms with van der Waals surface area (Å²) in [7, 11) is -3.71. The van der Waals surface area contributed by atoms with Gasteiger partial charge in [0.2, 0.25) is 9.84 Å². The minimum atomic E-state index is -3.71. The van der Waals surface area contributed by atoms with Gasteiger partial charge in [-0.25, -0.2) is 12.9 Å². The van der Waals surface area contributed by atoms with E-state index in [1.54, 1.807) is 41.0 Å². The topological polar surface area (TPSA) is 63.9 Å². The number of benzene rings is 1. The van der Waals surface area contributed by atoms with Crippen molar-refractivity contribution in [3.05, 3.63) is 54.4 Å². The number of hydrogen-bond donors (Lipinski definition) is 0. The molecule has 0 amide bonds. The summed E-state index contributed by atoms with van der Waals surface area (Å²) in [4.78, 5) is 3.07. The van der Waals surface area contributed by atoms with Crippen molar-refractivity contribution in [2.24, 2.45) is 0 Å². The van der Waals surface area contributed by atoms with Gasteiger partial charge in [-0.3, -0.25) is 0 Å². The summed E-state index contributed by atoms with van der Waals surface area (Å²) in [6, 6.07) is 12.3. The minimum absolute atomic E-state index is 0.0125. The summed E-state index contributed by atoms with van der Waals surface area (Å²) in [5.41, 5.74) is 1.18. The Bertz CT molecular complexity index is 1130. The van der Waals surface area contributed by atoms with E-state index in [9.17, 15) is 8.42 Å². The van der Waals surface area contributed by atoms with E-state index in [2.05, 4.69) is 23.8 Å². The van der Waals surface area contributed by atoms with Gasteiger partial charge in [0.05, 0.1) is 22.7 Å². The maximum Gasteiger partial charge on any atom is 0.210 e. The number of hydrogen-bond acceptors (Lipinski definition) is 5. The van der Waals surface area contributed by atoms with Crippen LogP contribution in [-0.4, -0.2) is 49.2 Å². The molecule has 0 atom stereocenters. The number of aromatic nitrogens is 2. The standard InChI is InChI=1S/C27H39N3O3S/c1-5-7-17-29(18-8-6-2)19-11-21-33-23-13-15-24(16-14-23)34(31,32)27-25-12-9-10-20-30(25)28-26(27)22(3)4/h9-10,12-16,20,22H,5-8,11,17-19,21H2,1-4H3. The lowest BCUT2D eigenvalue weighted by Gasteiger charge is -2.21. The molecule has 34 heavy (non-hydrogen) atoms. The lowest BCUT2D eigenvalue weighted by atomic mass is 10.1. The molecule has 0 N–H and O–H groups in total. The summed E-state index contributed by atoms with van der Waals surface area (Å²) in [6.45, 7) is 12.3. The summed E-state index contributed by atoms with van der Waals surface area (Å²) in [6.07, 6.45) is 7.61. The predicted octanol–water partition coefficient (Wildman–Crippen LogP) is 5.96. The second-order valence-corrected chi connectivity index (χ2v) is 11.0. The molecular weight excluding hydrogens is 446 g/mol. The zero-order valence-corrected chi connectivity index (χ0v) is 21.9. The third-order valence-electron chi connectivity index (χ3n) is 6.01. The molecule has 186 valence electrons. The Morgan fingerprint density at radius 1 is 0.941 bits per heavy atom. The summed E-state index contributed by atoms with van der Waals surface area (Å²) in [5, 5.41) is 4.53. The highest BCUT2D eigenvalue weighted by Crippen LogP contribution is 2.32. The average Bonchev–Trinajstić information content (AvgIpc) is 3.24. The molecule has 0 fully saturated rings. The minimum Gasteiger partial charge on any atom is -0.494 e. The zero-order valence-electron chi connectivity index (χ0n) is 21.0. The maximum atomic E-state index is 13.6. The zero-order chi connectivity index (χ0) is 24.6. The van der Waals surface area contributed by atoms with Gasteiger partial charge < -0.3 is 9.64 Å². The van der Waals surface area contributed by atoms with Crippen LogP contribution in [0.15, 0.2) is 58.5 Å². The van der Waals surface area contributed by atoms with Crippen LogP contribution in [0.3, 0.4) is 0 Å². The Morgan fingerprint density at radius 2 is 1.59 bits per heavy atom. The monoisotopic (exact) mass is 485 g/mol. The Kier molecular flexibility index (Phi) is 9.54. The molecule has 0 bridgehead atoms. The normalized spacial score (nSPS) is 12.2. The van der Waals surface area contributed by atoms with Crippen LogP contribution in [0.4, 0.5) is 0 Å². The van der Waals surface area contributed by atoms with E-state index in [0.717, 1.165) is 26.1 Å². The number of sulfone groups is 1. The number of nitrogens with zero attached hydrogens (tertiary/aromatic N) is 3. The van der Waals surface area contributed by atoms with Gasteiger partial charge in [0.15, 0.2) is 0 Å². The first-order valence-corrected chi connectivity index (χ1v) is 14.0. The van der Waals surface area contributed by atoms with Gasteiger partial charge in [0.25, 0.3) is 0 Å². The molecule has 0 aliphatic heterocycles. The average molecular weight is 486 g/mol. The first-order chi connectivity index (χ1) is 16.4. The van der Waals surface area contributed by atoms with Crippen molar-refractivity contribution in [3.8, 4) is 5.75 Å². The molecule has 0 unspecified atom stereocenters. The molecule has 6 nitrogen and oxygen atoms in total. The second-order valence-electron chi connectivity index (χ2n) is 9.13. The van der Waals surface area contributed by atoms with Crippen molar-refractivity contribution in [1.29, 1.82) is 0 Å². The van der Waals surface area contributed by atoms with Crippen LogP contribution in [-0.2, 0) is 9.84 Å². The van der Waals surface area contributed by atoms with Crippen molar-refractivity contribution in [2.75, 3.05) is 26.2 Å². The van der Waals surface area contributed by atoms with Crippen molar-refractivity contribution in [3.63, 3.8) is 0 Å². The van der Waals surface area contributed by atoms with Gasteiger partial charge in [-0.1, -0.05) is 46.6 Å². The van der Waals surface area contributed by atoms with Gasteiger partial charge in [0.1, 0.15) is 10.6 Å². The van der Waals surface area contributed by atoms with E-state index in [4.69, 9.17) is 4.74 Å². The summed E-state index contributed by atoms with van der Waals surface area (Å²) >= 11 is 0. The van der Waals surface area contributed by atoms with E-state index < -0.39 is 9.84 Å². The van der Waals surface area contributed by atoms with E-state index >= 15 is 0 Å². The molecular formula is C27H39N3O3S. The fraction of sp³-hybridized carbons (Fsp3) is 0.519. The quantitative estimate of drug-likeness (QED) is 0.264. The number of ether oxygens (including phenoxy) is 1. The van der Waals surface area contributed by atoms with Crippen LogP contribution in [0.2, 0.25) is 0 Å². The predicted molar refractivity (Wildman–Crippen MR) is 138 cm³/mol. The van der Waals surface area contributed by atoms with Crippen LogP contribution in [0, 0.1) is 0 Å². The molecule has 0 radical (unpaired) electrons. The third-order valence-corrected chi connectivity index (χ3v) is 7.86. The molecule has 2 heterocycles. The van der Waals surface area contributed by atoms with E-state index in [0.29, 0.717) is 23.6 Å². The van der Waals surface area contributed by atoms with E-state index in [-0.39, 0.29) is 15.7 Å². The molecule has 2 aromatic heterocycles. The highest BCUT2D eigenvalue weighted by atomic mass is 32.2. The molecule has 0 aliphatic rings. The fourth-order valence-corrected chi connectivity index (χ4v) is 5.78. The highest BCUT2D eigenvalue weighted by molar-refractivity contribution is 7.91. The molecule has 7 heteroatoms. The lowest BCUT2D eigenvalue weighted by molar-refractivity contribution is 0.229. The molecule has 3 aromatic rings. The van der Waals surface area contributed by atoms with E-state index in [1.807, 2.05) is 26.0 Å². The van der Waals surface area contributed by atoms with Crippen LogP contribution in [0.25, 0.3) is 5.52 Å². The van der Waals surface area contributed by atoms with Crippen LogP contribution in [0.1, 0.15) is 71.4 Å². The van der Waals surface area contributed by atoms with Gasteiger partial charge in [-0.2, -0.15) is 5.10 Å². The van der Waals surface area contributed by atoms with Gasteiger partial charge in [0, 0.05) is 12.7 Å². The smallest absolute Gasteiger partial charge is 0.210 e. The van der Waals surface area contributed by atoms with Crippen LogP contribution < -0.4 is 4.74 Å². The van der Waals surface area contributed by atoms with Gasteiger partial charge in [-0.05, 0) is 74.7 Å². The lowest BCUT2D eigenvalue weighted by Crippen LogP contribution is -2.28. The molecule has 0 saturated carbocycles.